The highest BCUT2D eigenvalue weighted by atomic mass is 32.2. The largest absolute Gasteiger partial charge is 0.464 e. The number of hydrogen-bond donors (Lipinski definition) is 0. The minimum atomic E-state index is -3.51. The number of amides is 1. The SMILES string of the molecule is CCOC(=O)C1CSCCN1C(=O)c1ccc(S(=O)(=O)N2CCCC2)cc1. The predicted molar refractivity (Wildman–Crippen MR) is 103 cm³/mol. The van der Waals surface area contributed by atoms with Gasteiger partial charge in [0, 0.05) is 36.7 Å². The zero-order valence-corrected chi connectivity index (χ0v) is 16.9. The van der Waals surface area contributed by atoms with Crippen LogP contribution in [0.1, 0.15) is 30.1 Å². The van der Waals surface area contributed by atoms with Crippen LogP contribution in [0.25, 0.3) is 0 Å². The maximum absolute atomic E-state index is 12.9. The zero-order chi connectivity index (χ0) is 19.4. The van der Waals surface area contributed by atoms with Crippen LogP contribution in [0.4, 0.5) is 0 Å². The summed E-state index contributed by atoms with van der Waals surface area (Å²) in [6.07, 6.45) is 1.75. The number of carbonyl (C=O) groups excluding carboxylic acids is 2. The molecule has 0 aliphatic carbocycles. The van der Waals surface area contributed by atoms with Gasteiger partial charge in [0.1, 0.15) is 6.04 Å². The molecule has 2 fully saturated rings. The first-order valence-corrected chi connectivity index (χ1v) is 11.7. The molecule has 27 heavy (non-hydrogen) atoms. The summed E-state index contributed by atoms with van der Waals surface area (Å²) >= 11 is 1.61. The van der Waals surface area contributed by atoms with Crippen LogP contribution in [0.5, 0.6) is 0 Å². The van der Waals surface area contributed by atoms with E-state index >= 15 is 0 Å². The Balaban J connectivity index is 1.77. The Labute approximate surface area is 164 Å². The molecule has 1 atom stereocenters. The molecule has 1 aromatic rings. The van der Waals surface area contributed by atoms with E-state index in [4.69, 9.17) is 4.74 Å². The van der Waals surface area contributed by atoms with Gasteiger partial charge in [0.15, 0.2) is 0 Å². The Hall–Kier alpha value is -1.58. The summed E-state index contributed by atoms with van der Waals surface area (Å²) in [6, 6.07) is 5.38. The lowest BCUT2D eigenvalue weighted by molar-refractivity contribution is -0.147. The van der Waals surface area contributed by atoms with Crippen LogP contribution in [0.15, 0.2) is 29.2 Å². The summed E-state index contributed by atoms with van der Waals surface area (Å²) in [5.41, 5.74) is 0.372. The number of esters is 1. The van der Waals surface area contributed by atoms with Gasteiger partial charge in [-0.15, -0.1) is 0 Å². The second-order valence-electron chi connectivity index (χ2n) is 6.48. The van der Waals surface area contributed by atoms with Crippen LogP contribution in [-0.4, -0.2) is 73.3 Å². The molecule has 148 valence electrons. The molecule has 0 aromatic heterocycles. The third-order valence-electron chi connectivity index (χ3n) is 4.75. The maximum atomic E-state index is 12.9. The molecule has 0 saturated carbocycles. The van der Waals surface area contributed by atoms with E-state index < -0.39 is 22.0 Å². The number of rotatable bonds is 5. The minimum Gasteiger partial charge on any atom is -0.464 e. The Bertz CT molecular complexity index is 788. The quantitative estimate of drug-likeness (QED) is 0.683. The Morgan fingerprint density at radius 3 is 2.44 bits per heavy atom. The van der Waals surface area contributed by atoms with E-state index in [-0.39, 0.29) is 17.4 Å². The van der Waals surface area contributed by atoms with Crippen LogP contribution in [-0.2, 0) is 19.6 Å². The lowest BCUT2D eigenvalue weighted by atomic mass is 10.1. The fraction of sp³-hybridized carbons (Fsp3) is 0.556. The van der Waals surface area contributed by atoms with Gasteiger partial charge in [-0.3, -0.25) is 4.79 Å². The van der Waals surface area contributed by atoms with Crippen molar-refractivity contribution in [2.45, 2.75) is 30.7 Å². The van der Waals surface area contributed by atoms with Crippen molar-refractivity contribution in [1.82, 2.24) is 9.21 Å². The number of thioether (sulfide) groups is 1. The van der Waals surface area contributed by atoms with E-state index in [1.54, 1.807) is 18.7 Å². The molecular formula is C18H24N2O5S2. The van der Waals surface area contributed by atoms with E-state index in [0.717, 1.165) is 18.6 Å². The average molecular weight is 413 g/mol. The lowest BCUT2D eigenvalue weighted by Gasteiger charge is -2.33. The second-order valence-corrected chi connectivity index (χ2v) is 9.56. The molecule has 0 spiro atoms. The summed E-state index contributed by atoms with van der Waals surface area (Å²) in [6.45, 7) is 3.54. The van der Waals surface area contributed by atoms with Gasteiger partial charge >= 0.3 is 5.97 Å². The van der Waals surface area contributed by atoms with E-state index in [0.29, 0.717) is 31.0 Å². The lowest BCUT2D eigenvalue weighted by Crippen LogP contribution is -2.51. The van der Waals surface area contributed by atoms with Crippen LogP contribution in [0, 0.1) is 0 Å². The van der Waals surface area contributed by atoms with E-state index in [2.05, 4.69) is 0 Å². The zero-order valence-electron chi connectivity index (χ0n) is 15.3. The van der Waals surface area contributed by atoms with Crippen LogP contribution < -0.4 is 0 Å². The molecule has 2 aliphatic heterocycles. The van der Waals surface area contributed by atoms with Crippen molar-refractivity contribution in [3.05, 3.63) is 29.8 Å². The smallest absolute Gasteiger partial charge is 0.329 e. The number of benzene rings is 1. The molecule has 1 amide bonds. The highest BCUT2D eigenvalue weighted by molar-refractivity contribution is 7.99. The first kappa shape index (κ1) is 20.2. The third-order valence-corrected chi connectivity index (χ3v) is 7.69. The minimum absolute atomic E-state index is 0.192. The van der Waals surface area contributed by atoms with Crippen molar-refractivity contribution in [2.24, 2.45) is 0 Å². The van der Waals surface area contributed by atoms with Crippen molar-refractivity contribution in [3.8, 4) is 0 Å². The van der Waals surface area contributed by atoms with Gasteiger partial charge in [-0.1, -0.05) is 0 Å². The topological polar surface area (TPSA) is 84.0 Å². The van der Waals surface area contributed by atoms with Gasteiger partial charge in [-0.2, -0.15) is 16.1 Å². The van der Waals surface area contributed by atoms with E-state index in [9.17, 15) is 18.0 Å². The summed E-state index contributed by atoms with van der Waals surface area (Å²) in [5, 5.41) is 0. The van der Waals surface area contributed by atoms with Crippen molar-refractivity contribution < 1.29 is 22.7 Å². The molecule has 2 aliphatic rings. The molecule has 9 heteroatoms. The summed E-state index contributed by atoms with van der Waals surface area (Å²) in [5.74, 6) is 0.583. The number of hydrogen-bond acceptors (Lipinski definition) is 6. The number of ether oxygens (including phenoxy) is 1. The van der Waals surface area contributed by atoms with Crippen molar-refractivity contribution in [3.63, 3.8) is 0 Å². The Morgan fingerprint density at radius 2 is 1.81 bits per heavy atom. The first-order valence-electron chi connectivity index (χ1n) is 9.10. The average Bonchev–Trinajstić information content (AvgIpc) is 3.23. The van der Waals surface area contributed by atoms with Gasteiger partial charge in [0.05, 0.1) is 11.5 Å². The standard InChI is InChI=1S/C18H24N2O5S2/c1-2-25-18(22)16-13-26-12-11-20(16)17(21)14-5-7-15(8-6-14)27(23,24)19-9-3-4-10-19/h5-8,16H,2-4,9-13H2,1H3. The molecule has 1 aromatic carbocycles. The highest BCUT2D eigenvalue weighted by Crippen LogP contribution is 2.23. The van der Waals surface area contributed by atoms with E-state index in [1.165, 1.54) is 33.5 Å². The highest BCUT2D eigenvalue weighted by Gasteiger charge is 2.34. The number of carbonyl (C=O) groups is 2. The number of sulfonamides is 1. The monoisotopic (exact) mass is 412 g/mol. The van der Waals surface area contributed by atoms with Crippen molar-refractivity contribution >= 4 is 33.7 Å². The molecule has 0 bridgehead atoms. The molecule has 2 heterocycles. The molecule has 0 N–H and O–H groups in total. The predicted octanol–water partition coefficient (Wildman–Crippen LogP) is 1.59. The number of nitrogens with zero attached hydrogens (tertiary/aromatic N) is 2. The fourth-order valence-electron chi connectivity index (χ4n) is 3.29. The van der Waals surface area contributed by atoms with E-state index in [1.807, 2.05) is 0 Å². The maximum Gasteiger partial charge on any atom is 0.329 e. The summed E-state index contributed by atoms with van der Waals surface area (Å²) in [4.78, 5) is 26.8. The van der Waals surface area contributed by atoms with Crippen LogP contribution >= 0.6 is 11.8 Å². The molecule has 7 nitrogen and oxygen atoms in total. The third kappa shape index (κ3) is 4.30. The molecular weight excluding hydrogens is 388 g/mol. The molecule has 0 radical (unpaired) electrons. The second kappa shape index (κ2) is 8.62. The summed E-state index contributed by atoms with van der Waals surface area (Å²) < 4.78 is 31.8. The van der Waals surface area contributed by atoms with Crippen LogP contribution in [0.3, 0.4) is 0 Å². The van der Waals surface area contributed by atoms with Crippen molar-refractivity contribution in [1.29, 1.82) is 0 Å². The molecule has 3 rings (SSSR count). The molecule has 1 unspecified atom stereocenters. The van der Waals surface area contributed by atoms with Gasteiger partial charge in [0.25, 0.3) is 5.91 Å². The normalized spacial score (nSPS) is 21.2. The van der Waals surface area contributed by atoms with Crippen molar-refractivity contribution in [2.75, 3.05) is 37.7 Å². The molecule has 2 saturated heterocycles. The summed E-state index contributed by atoms with van der Waals surface area (Å²) in [7, 11) is -3.51. The first-order chi connectivity index (χ1) is 12.9. The van der Waals surface area contributed by atoms with Gasteiger partial charge in [-0.25, -0.2) is 13.2 Å². The van der Waals surface area contributed by atoms with Crippen LogP contribution in [0.2, 0.25) is 0 Å². The fourth-order valence-corrected chi connectivity index (χ4v) is 5.84. The van der Waals surface area contributed by atoms with Gasteiger partial charge in [-0.05, 0) is 44.0 Å². The van der Waals surface area contributed by atoms with Gasteiger partial charge < -0.3 is 9.64 Å². The Morgan fingerprint density at radius 1 is 1.15 bits per heavy atom. The van der Waals surface area contributed by atoms with Gasteiger partial charge in [0.2, 0.25) is 10.0 Å². The Kier molecular flexibility index (Phi) is 6.44.